The van der Waals surface area contributed by atoms with Crippen LogP contribution in [0.3, 0.4) is 0 Å². The summed E-state index contributed by atoms with van der Waals surface area (Å²) in [6.45, 7) is 6.66. The van der Waals surface area contributed by atoms with Gasteiger partial charge >= 0.3 is 6.01 Å². The van der Waals surface area contributed by atoms with E-state index in [2.05, 4.69) is 31.0 Å². The van der Waals surface area contributed by atoms with Crippen molar-refractivity contribution in [3.63, 3.8) is 0 Å². The summed E-state index contributed by atoms with van der Waals surface area (Å²) in [4.78, 5) is 0. The first-order valence-corrected chi connectivity index (χ1v) is 7.22. The zero-order valence-corrected chi connectivity index (χ0v) is 12.0. The molecular weight excluding hydrogens is 226 g/mol. The monoisotopic (exact) mass is 253 g/mol. The van der Waals surface area contributed by atoms with E-state index in [4.69, 9.17) is 10.2 Å². The predicted octanol–water partition coefficient (Wildman–Crippen LogP) is 4.07. The van der Waals surface area contributed by atoms with Crippen molar-refractivity contribution in [2.75, 3.05) is 5.73 Å². The Morgan fingerprint density at radius 1 is 1.00 bits per heavy atom. The van der Waals surface area contributed by atoms with Gasteiger partial charge in [0.25, 0.3) is 0 Å². The lowest BCUT2D eigenvalue weighted by Gasteiger charge is -2.25. The minimum atomic E-state index is -0.00558. The van der Waals surface area contributed by atoms with Crippen LogP contribution in [0.1, 0.15) is 78.0 Å². The molecule has 1 aromatic heterocycles. The van der Waals surface area contributed by atoms with Gasteiger partial charge in [0, 0.05) is 5.41 Å². The largest absolute Gasteiger partial charge is 0.408 e. The molecule has 0 saturated carbocycles. The molecule has 104 valence electrons. The van der Waals surface area contributed by atoms with Crippen molar-refractivity contribution in [1.29, 1.82) is 0 Å². The highest BCUT2D eigenvalue weighted by Crippen LogP contribution is 2.34. The van der Waals surface area contributed by atoms with Crippen molar-refractivity contribution in [3.05, 3.63) is 5.89 Å². The van der Waals surface area contributed by atoms with Crippen LogP contribution in [0.5, 0.6) is 0 Å². The molecule has 0 saturated heterocycles. The fourth-order valence-corrected chi connectivity index (χ4v) is 2.33. The maximum atomic E-state index is 5.54. The Morgan fingerprint density at radius 3 is 2.22 bits per heavy atom. The van der Waals surface area contributed by atoms with E-state index < -0.39 is 0 Å². The normalized spacial score (nSPS) is 14.6. The van der Waals surface area contributed by atoms with Crippen molar-refractivity contribution < 1.29 is 4.42 Å². The van der Waals surface area contributed by atoms with E-state index in [1.165, 1.54) is 38.5 Å². The van der Waals surface area contributed by atoms with Crippen LogP contribution in [0.2, 0.25) is 0 Å². The Labute approximate surface area is 110 Å². The smallest absolute Gasteiger partial charge is 0.312 e. The van der Waals surface area contributed by atoms with E-state index in [0.717, 1.165) is 12.8 Å². The van der Waals surface area contributed by atoms with Gasteiger partial charge in [0.15, 0.2) is 0 Å². The summed E-state index contributed by atoms with van der Waals surface area (Å²) in [6.07, 6.45) is 9.64. The third-order valence-electron chi connectivity index (χ3n) is 3.62. The lowest BCUT2D eigenvalue weighted by molar-refractivity contribution is 0.293. The Bertz CT molecular complexity index is 338. The summed E-state index contributed by atoms with van der Waals surface area (Å²) in [5.41, 5.74) is 5.53. The topological polar surface area (TPSA) is 64.9 Å². The van der Waals surface area contributed by atoms with Gasteiger partial charge in [0.2, 0.25) is 5.89 Å². The molecule has 1 rings (SSSR count). The molecule has 0 aliphatic heterocycles. The second-order valence-electron chi connectivity index (χ2n) is 5.42. The SMILES string of the molecule is CCCCCCC(C)(CCCC)c1nnc(N)o1. The molecule has 0 bridgehead atoms. The molecule has 0 aliphatic rings. The van der Waals surface area contributed by atoms with E-state index >= 15 is 0 Å². The van der Waals surface area contributed by atoms with Gasteiger partial charge in [0.1, 0.15) is 0 Å². The first kappa shape index (κ1) is 15.0. The lowest BCUT2D eigenvalue weighted by Crippen LogP contribution is -2.22. The highest BCUT2D eigenvalue weighted by molar-refractivity contribution is 5.10. The number of unbranched alkanes of at least 4 members (excludes halogenated alkanes) is 4. The molecule has 1 atom stereocenters. The molecule has 0 aliphatic carbocycles. The average Bonchev–Trinajstić information content (AvgIpc) is 2.80. The number of nitrogens with two attached hydrogens (primary N) is 1. The summed E-state index contributed by atoms with van der Waals surface area (Å²) in [6, 6.07) is 0.182. The number of hydrogen-bond donors (Lipinski definition) is 1. The molecule has 2 N–H and O–H groups in total. The molecule has 0 amide bonds. The van der Waals surface area contributed by atoms with Gasteiger partial charge in [-0.25, -0.2) is 0 Å². The highest BCUT2D eigenvalue weighted by Gasteiger charge is 2.31. The molecule has 1 unspecified atom stereocenters. The molecule has 1 heterocycles. The van der Waals surface area contributed by atoms with Crippen molar-refractivity contribution >= 4 is 6.01 Å². The summed E-state index contributed by atoms with van der Waals surface area (Å²) < 4.78 is 5.46. The van der Waals surface area contributed by atoms with E-state index in [9.17, 15) is 0 Å². The number of nitrogens with zero attached hydrogens (tertiary/aromatic N) is 2. The second-order valence-corrected chi connectivity index (χ2v) is 5.42. The van der Waals surface area contributed by atoms with E-state index in [1.807, 2.05) is 0 Å². The van der Waals surface area contributed by atoms with Crippen molar-refractivity contribution in [1.82, 2.24) is 10.2 Å². The Morgan fingerprint density at radius 2 is 1.67 bits per heavy atom. The van der Waals surface area contributed by atoms with Crippen LogP contribution in [-0.2, 0) is 5.41 Å². The summed E-state index contributed by atoms with van der Waals surface area (Å²) in [5, 5.41) is 7.89. The zero-order valence-electron chi connectivity index (χ0n) is 12.0. The van der Waals surface area contributed by atoms with Crippen LogP contribution in [-0.4, -0.2) is 10.2 Å². The average molecular weight is 253 g/mol. The van der Waals surface area contributed by atoms with Crippen LogP contribution in [0.15, 0.2) is 4.42 Å². The zero-order chi connectivity index (χ0) is 13.4. The van der Waals surface area contributed by atoms with Gasteiger partial charge in [-0.2, -0.15) is 0 Å². The van der Waals surface area contributed by atoms with Crippen molar-refractivity contribution in [2.24, 2.45) is 0 Å². The molecular formula is C14H27N3O. The molecule has 4 heteroatoms. The van der Waals surface area contributed by atoms with Crippen LogP contribution >= 0.6 is 0 Å². The van der Waals surface area contributed by atoms with Gasteiger partial charge in [-0.05, 0) is 12.8 Å². The van der Waals surface area contributed by atoms with Crippen LogP contribution in [0.25, 0.3) is 0 Å². The minimum absolute atomic E-state index is 0.00558. The third-order valence-corrected chi connectivity index (χ3v) is 3.62. The first-order valence-electron chi connectivity index (χ1n) is 7.22. The standard InChI is InChI=1S/C14H27N3O/c1-4-6-8-9-11-14(3,10-7-5-2)12-16-17-13(15)18-12/h4-11H2,1-3H3,(H2,15,17). The van der Waals surface area contributed by atoms with Gasteiger partial charge in [-0.15, -0.1) is 5.10 Å². The predicted molar refractivity (Wildman–Crippen MR) is 74.3 cm³/mol. The lowest BCUT2D eigenvalue weighted by atomic mass is 9.80. The maximum Gasteiger partial charge on any atom is 0.312 e. The second kappa shape index (κ2) is 7.39. The van der Waals surface area contributed by atoms with Crippen LogP contribution in [0, 0.1) is 0 Å². The summed E-state index contributed by atoms with van der Waals surface area (Å²) >= 11 is 0. The number of nitrogen functional groups attached to an aromatic ring is 1. The van der Waals surface area contributed by atoms with Gasteiger partial charge in [-0.3, -0.25) is 0 Å². The van der Waals surface area contributed by atoms with E-state index in [1.54, 1.807) is 0 Å². The number of hydrogen-bond acceptors (Lipinski definition) is 4. The van der Waals surface area contributed by atoms with Gasteiger partial charge < -0.3 is 10.2 Å². The van der Waals surface area contributed by atoms with Gasteiger partial charge in [0.05, 0.1) is 0 Å². The number of anilines is 1. The Balaban J connectivity index is 2.62. The third kappa shape index (κ3) is 4.31. The van der Waals surface area contributed by atoms with Crippen LogP contribution < -0.4 is 5.73 Å². The quantitative estimate of drug-likeness (QED) is 0.674. The fraction of sp³-hybridized carbons (Fsp3) is 0.857. The van der Waals surface area contributed by atoms with Crippen molar-refractivity contribution in [3.8, 4) is 0 Å². The summed E-state index contributed by atoms with van der Waals surface area (Å²) in [7, 11) is 0. The Kier molecular flexibility index (Phi) is 6.16. The molecule has 0 radical (unpaired) electrons. The summed E-state index contributed by atoms with van der Waals surface area (Å²) in [5.74, 6) is 0.713. The maximum absolute atomic E-state index is 5.54. The van der Waals surface area contributed by atoms with Crippen molar-refractivity contribution in [2.45, 2.75) is 77.6 Å². The highest BCUT2D eigenvalue weighted by atomic mass is 16.4. The molecule has 0 aromatic carbocycles. The van der Waals surface area contributed by atoms with E-state index in [-0.39, 0.29) is 11.4 Å². The van der Waals surface area contributed by atoms with Gasteiger partial charge in [-0.1, -0.05) is 64.4 Å². The Hall–Kier alpha value is -1.06. The number of aromatic nitrogens is 2. The van der Waals surface area contributed by atoms with E-state index in [0.29, 0.717) is 5.89 Å². The molecule has 0 fully saturated rings. The molecule has 4 nitrogen and oxygen atoms in total. The number of rotatable bonds is 9. The van der Waals surface area contributed by atoms with Crippen LogP contribution in [0.4, 0.5) is 6.01 Å². The minimum Gasteiger partial charge on any atom is -0.408 e. The molecule has 1 aromatic rings. The molecule has 0 spiro atoms. The fourth-order valence-electron chi connectivity index (χ4n) is 2.33. The molecule has 18 heavy (non-hydrogen) atoms. The first-order chi connectivity index (χ1) is 8.62.